The number of nitrogens with one attached hydrogen (secondary N) is 1. The average molecular weight is 438 g/mol. The molecule has 0 aliphatic carbocycles. The summed E-state index contributed by atoms with van der Waals surface area (Å²) in [6.45, 7) is 1.90. The molecular formula is C25H23N7O. The van der Waals surface area contributed by atoms with Crippen LogP contribution >= 0.6 is 0 Å². The molecular weight excluding hydrogens is 414 g/mol. The van der Waals surface area contributed by atoms with Crippen LogP contribution < -0.4 is 10.1 Å². The van der Waals surface area contributed by atoms with Crippen molar-refractivity contribution in [2.45, 2.75) is 19.6 Å². The van der Waals surface area contributed by atoms with E-state index in [1.54, 1.807) is 12.4 Å². The molecule has 0 saturated heterocycles. The van der Waals surface area contributed by atoms with Gasteiger partial charge in [0.1, 0.15) is 6.61 Å². The normalized spacial score (nSPS) is 11.0. The fraction of sp³-hybridized carbons (Fsp3) is 0.160. The molecule has 8 nitrogen and oxygen atoms in total. The summed E-state index contributed by atoms with van der Waals surface area (Å²) < 4.78 is 6.01. The third-order valence-electron chi connectivity index (χ3n) is 5.20. The first kappa shape index (κ1) is 20.7. The molecule has 0 unspecified atom stereocenters. The third kappa shape index (κ3) is 5.02. The fourth-order valence-corrected chi connectivity index (χ4v) is 3.59. The molecule has 1 N–H and O–H groups in total. The molecule has 5 rings (SSSR count). The van der Waals surface area contributed by atoms with Crippen molar-refractivity contribution in [2.75, 3.05) is 6.54 Å². The predicted octanol–water partition coefficient (Wildman–Crippen LogP) is 3.52. The molecule has 164 valence electrons. The maximum Gasteiger partial charge on any atom is 0.241 e. The standard InChI is InChI=1S/C25H23N7O/c1-2-7-19(8-3-1)13-14-26-17-20-9-6-10-21(29-20)18-33-25-23-12-5-4-11-22(23)24(30-31-25)32-27-15-16-28-32/h1-12,15-16,26H,13-14,17-18H2. The summed E-state index contributed by atoms with van der Waals surface area (Å²) >= 11 is 0. The van der Waals surface area contributed by atoms with Crippen LogP contribution in [0.2, 0.25) is 0 Å². The van der Waals surface area contributed by atoms with Crippen molar-refractivity contribution in [3.05, 3.63) is 102 Å². The predicted molar refractivity (Wildman–Crippen MR) is 125 cm³/mol. The van der Waals surface area contributed by atoms with E-state index in [-0.39, 0.29) is 0 Å². The number of pyridine rings is 1. The first-order chi connectivity index (χ1) is 16.4. The SMILES string of the molecule is c1ccc(CCNCc2cccc(COc3nnc(-n4nccn4)c4ccccc34)n2)cc1. The molecule has 0 aliphatic heterocycles. The molecule has 2 aromatic carbocycles. The van der Waals surface area contributed by atoms with Crippen molar-refractivity contribution in [2.24, 2.45) is 0 Å². The molecule has 0 fully saturated rings. The lowest BCUT2D eigenvalue weighted by atomic mass is 10.1. The summed E-state index contributed by atoms with van der Waals surface area (Å²) in [5, 5.41) is 22.1. The number of nitrogens with zero attached hydrogens (tertiary/aromatic N) is 6. The minimum atomic E-state index is 0.301. The van der Waals surface area contributed by atoms with Crippen LogP contribution in [0.4, 0.5) is 0 Å². The summed E-state index contributed by atoms with van der Waals surface area (Å²) in [6.07, 6.45) is 4.20. The maximum atomic E-state index is 6.01. The lowest BCUT2D eigenvalue weighted by Crippen LogP contribution is -2.18. The van der Waals surface area contributed by atoms with Crippen molar-refractivity contribution in [3.63, 3.8) is 0 Å². The molecule has 0 radical (unpaired) electrons. The van der Waals surface area contributed by atoms with E-state index in [1.807, 2.05) is 48.5 Å². The molecule has 0 amide bonds. The Balaban J connectivity index is 1.23. The molecule has 0 bridgehead atoms. The van der Waals surface area contributed by atoms with Crippen LogP contribution in [0.15, 0.2) is 85.2 Å². The molecule has 0 atom stereocenters. The van der Waals surface area contributed by atoms with Crippen LogP contribution in [-0.2, 0) is 19.6 Å². The highest BCUT2D eigenvalue weighted by Gasteiger charge is 2.13. The van der Waals surface area contributed by atoms with Crippen molar-refractivity contribution in [3.8, 4) is 11.7 Å². The van der Waals surface area contributed by atoms with Gasteiger partial charge in [-0.05, 0) is 36.7 Å². The summed E-state index contributed by atoms with van der Waals surface area (Å²) in [5.41, 5.74) is 3.13. The van der Waals surface area contributed by atoms with E-state index >= 15 is 0 Å². The first-order valence-electron chi connectivity index (χ1n) is 10.8. The zero-order valence-electron chi connectivity index (χ0n) is 18.0. The second kappa shape index (κ2) is 9.97. The Kier molecular flexibility index (Phi) is 6.26. The Bertz CT molecular complexity index is 1320. The Hall–Kier alpha value is -4.17. The van der Waals surface area contributed by atoms with Crippen molar-refractivity contribution < 1.29 is 4.74 Å². The largest absolute Gasteiger partial charge is 0.470 e. The summed E-state index contributed by atoms with van der Waals surface area (Å²) in [4.78, 5) is 6.16. The van der Waals surface area contributed by atoms with E-state index in [0.717, 1.165) is 35.1 Å². The summed E-state index contributed by atoms with van der Waals surface area (Å²) in [5.74, 6) is 1.01. The highest BCUT2D eigenvalue weighted by atomic mass is 16.5. The number of hydrogen-bond donors (Lipinski definition) is 1. The maximum absolute atomic E-state index is 6.01. The van der Waals surface area contributed by atoms with Gasteiger partial charge in [-0.15, -0.1) is 15.0 Å². The zero-order valence-corrected chi connectivity index (χ0v) is 18.0. The van der Waals surface area contributed by atoms with Gasteiger partial charge in [0.25, 0.3) is 0 Å². The Morgan fingerprint density at radius 3 is 2.36 bits per heavy atom. The Morgan fingerprint density at radius 2 is 1.52 bits per heavy atom. The second-order valence-corrected chi connectivity index (χ2v) is 7.51. The van der Waals surface area contributed by atoms with Gasteiger partial charge in [0.15, 0.2) is 0 Å². The Morgan fingerprint density at radius 1 is 0.758 bits per heavy atom. The lowest BCUT2D eigenvalue weighted by Gasteiger charge is -2.10. The smallest absolute Gasteiger partial charge is 0.241 e. The third-order valence-corrected chi connectivity index (χ3v) is 5.20. The van der Waals surface area contributed by atoms with Gasteiger partial charge in [0.2, 0.25) is 11.7 Å². The van der Waals surface area contributed by atoms with E-state index in [0.29, 0.717) is 24.8 Å². The van der Waals surface area contributed by atoms with E-state index in [4.69, 9.17) is 9.72 Å². The number of ether oxygens (including phenoxy) is 1. The molecule has 3 aromatic heterocycles. The topological polar surface area (TPSA) is 90.6 Å². The summed E-state index contributed by atoms with van der Waals surface area (Å²) in [6, 6.07) is 24.2. The van der Waals surface area contributed by atoms with Crippen LogP contribution in [0.1, 0.15) is 17.0 Å². The number of benzene rings is 2. The molecule has 0 spiro atoms. The van der Waals surface area contributed by atoms with Gasteiger partial charge in [0.05, 0.1) is 23.8 Å². The quantitative estimate of drug-likeness (QED) is 0.353. The van der Waals surface area contributed by atoms with Gasteiger partial charge >= 0.3 is 0 Å². The van der Waals surface area contributed by atoms with Crippen molar-refractivity contribution >= 4 is 10.8 Å². The molecule has 0 aliphatic rings. The van der Waals surface area contributed by atoms with Crippen LogP contribution in [0.3, 0.4) is 0 Å². The number of hydrogen-bond acceptors (Lipinski definition) is 7. The van der Waals surface area contributed by atoms with Gasteiger partial charge in [-0.2, -0.15) is 10.2 Å². The molecule has 3 heterocycles. The van der Waals surface area contributed by atoms with Crippen molar-refractivity contribution in [1.82, 2.24) is 35.5 Å². The number of fused-ring (bicyclic) bond motifs is 1. The molecule has 5 aromatic rings. The van der Waals surface area contributed by atoms with Gasteiger partial charge in [-0.1, -0.05) is 54.6 Å². The molecule has 0 saturated carbocycles. The lowest BCUT2D eigenvalue weighted by molar-refractivity contribution is 0.289. The van der Waals surface area contributed by atoms with Crippen LogP contribution in [0.25, 0.3) is 16.6 Å². The monoisotopic (exact) mass is 437 g/mol. The van der Waals surface area contributed by atoms with Gasteiger partial charge in [-0.25, -0.2) is 0 Å². The Labute approximate surface area is 191 Å². The second-order valence-electron chi connectivity index (χ2n) is 7.51. The van der Waals surface area contributed by atoms with Gasteiger partial charge in [-0.3, -0.25) is 4.98 Å². The van der Waals surface area contributed by atoms with Gasteiger partial charge in [0, 0.05) is 17.3 Å². The average Bonchev–Trinajstić information content (AvgIpc) is 3.41. The minimum absolute atomic E-state index is 0.301. The van der Waals surface area contributed by atoms with E-state index in [1.165, 1.54) is 10.4 Å². The zero-order chi connectivity index (χ0) is 22.3. The molecule has 33 heavy (non-hydrogen) atoms. The van der Waals surface area contributed by atoms with Crippen LogP contribution in [0.5, 0.6) is 5.88 Å². The van der Waals surface area contributed by atoms with E-state index < -0.39 is 0 Å². The number of rotatable bonds is 9. The summed E-state index contributed by atoms with van der Waals surface area (Å²) in [7, 11) is 0. The first-order valence-corrected chi connectivity index (χ1v) is 10.8. The van der Waals surface area contributed by atoms with Crippen LogP contribution in [-0.4, -0.2) is 36.7 Å². The fourth-order valence-electron chi connectivity index (χ4n) is 3.59. The van der Waals surface area contributed by atoms with Crippen LogP contribution in [0, 0.1) is 0 Å². The van der Waals surface area contributed by atoms with E-state index in [9.17, 15) is 0 Å². The van der Waals surface area contributed by atoms with E-state index in [2.05, 4.69) is 50.0 Å². The number of aromatic nitrogens is 6. The van der Waals surface area contributed by atoms with Gasteiger partial charge < -0.3 is 10.1 Å². The molecule has 8 heteroatoms. The highest BCUT2D eigenvalue weighted by Crippen LogP contribution is 2.26. The minimum Gasteiger partial charge on any atom is -0.470 e. The van der Waals surface area contributed by atoms with Crippen molar-refractivity contribution in [1.29, 1.82) is 0 Å². The highest BCUT2D eigenvalue weighted by molar-refractivity contribution is 5.91.